The summed E-state index contributed by atoms with van der Waals surface area (Å²) >= 11 is 9.64. The summed E-state index contributed by atoms with van der Waals surface area (Å²) in [5.41, 5.74) is 2.13. The van der Waals surface area contributed by atoms with Crippen molar-refractivity contribution in [1.82, 2.24) is 14.7 Å². The van der Waals surface area contributed by atoms with Gasteiger partial charge in [-0.15, -0.1) is 0 Å². The predicted octanol–water partition coefficient (Wildman–Crippen LogP) is 2.60. The molecule has 1 aromatic rings. The first-order valence-corrected chi connectivity index (χ1v) is 6.41. The standard InChI is InChI=1S/C10H17BrClN3/c1-7(5-11)14(3)6-9-8(2)13-15(4)10(9)12/h7H,5-6H2,1-4H3. The molecule has 86 valence electrons. The minimum Gasteiger partial charge on any atom is -0.298 e. The van der Waals surface area contributed by atoms with Gasteiger partial charge in [0.15, 0.2) is 0 Å². The van der Waals surface area contributed by atoms with Gasteiger partial charge < -0.3 is 0 Å². The van der Waals surface area contributed by atoms with Crippen LogP contribution in [0.4, 0.5) is 0 Å². The number of alkyl halides is 1. The lowest BCUT2D eigenvalue weighted by molar-refractivity contribution is 0.270. The zero-order valence-electron chi connectivity index (χ0n) is 9.59. The van der Waals surface area contributed by atoms with Crippen molar-refractivity contribution in [3.05, 3.63) is 16.4 Å². The maximum absolute atomic E-state index is 6.17. The van der Waals surface area contributed by atoms with Crippen LogP contribution < -0.4 is 0 Å². The van der Waals surface area contributed by atoms with Gasteiger partial charge in [-0.1, -0.05) is 27.5 Å². The van der Waals surface area contributed by atoms with Crippen molar-refractivity contribution in [2.45, 2.75) is 26.4 Å². The Labute approximate surface area is 105 Å². The molecule has 0 radical (unpaired) electrons. The van der Waals surface area contributed by atoms with Crippen LogP contribution >= 0.6 is 27.5 Å². The summed E-state index contributed by atoms with van der Waals surface area (Å²) in [6.45, 7) is 5.01. The summed E-state index contributed by atoms with van der Waals surface area (Å²) in [6.07, 6.45) is 0. The van der Waals surface area contributed by atoms with Crippen molar-refractivity contribution < 1.29 is 0 Å². The van der Waals surface area contributed by atoms with Crippen LogP contribution in [0, 0.1) is 6.92 Å². The second-order valence-corrected chi connectivity index (χ2v) is 4.90. The fourth-order valence-electron chi connectivity index (χ4n) is 1.38. The van der Waals surface area contributed by atoms with E-state index in [1.54, 1.807) is 4.68 Å². The summed E-state index contributed by atoms with van der Waals surface area (Å²) in [7, 11) is 3.96. The monoisotopic (exact) mass is 293 g/mol. The highest BCUT2D eigenvalue weighted by Crippen LogP contribution is 2.20. The summed E-state index contributed by atoms with van der Waals surface area (Å²) in [4.78, 5) is 2.25. The molecule has 0 spiro atoms. The van der Waals surface area contributed by atoms with Gasteiger partial charge in [-0.3, -0.25) is 9.58 Å². The third-order valence-electron chi connectivity index (χ3n) is 2.65. The van der Waals surface area contributed by atoms with Crippen LogP contribution in [-0.2, 0) is 13.6 Å². The van der Waals surface area contributed by atoms with Gasteiger partial charge in [0.2, 0.25) is 0 Å². The van der Waals surface area contributed by atoms with Crippen molar-refractivity contribution in [2.24, 2.45) is 7.05 Å². The van der Waals surface area contributed by atoms with Gasteiger partial charge >= 0.3 is 0 Å². The number of aryl methyl sites for hydroxylation is 2. The Morgan fingerprint density at radius 3 is 2.60 bits per heavy atom. The third kappa shape index (κ3) is 2.95. The van der Waals surface area contributed by atoms with E-state index in [1.165, 1.54) is 0 Å². The van der Waals surface area contributed by atoms with E-state index < -0.39 is 0 Å². The molecule has 1 rings (SSSR count). The van der Waals surface area contributed by atoms with Crippen molar-refractivity contribution >= 4 is 27.5 Å². The molecule has 1 atom stereocenters. The van der Waals surface area contributed by atoms with Crippen LogP contribution in [0.2, 0.25) is 5.15 Å². The first-order valence-electron chi connectivity index (χ1n) is 4.91. The second-order valence-electron chi connectivity index (χ2n) is 3.90. The lowest BCUT2D eigenvalue weighted by Gasteiger charge is -2.22. The second kappa shape index (κ2) is 5.32. The van der Waals surface area contributed by atoms with Crippen molar-refractivity contribution in [2.75, 3.05) is 12.4 Å². The lowest BCUT2D eigenvalue weighted by atomic mass is 10.2. The van der Waals surface area contributed by atoms with Gasteiger partial charge in [-0.05, 0) is 20.9 Å². The van der Waals surface area contributed by atoms with Crippen LogP contribution in [-0.4, -0.2) is 33.1 Å². The van der Waals surface area contributed by atoms with E-state index in [4.69, 9.17) is 11.6 Å². The van der Waals surface area contributed by atoms with Gasteiger partial charge in [0.05, 0.1) is 5.69 Å². The zero-order chi connectivity index (χ0) is 11.6. The molecule has 1 aromatic heterocycles. The van der Waals surface area contributed by atoms with Crippen molar-refractivity contribution in [3.8, 4) is 0 Å². The summed E-state index contributed by atoms with van der Waals surface area (Å²) in [5.74, 6) is 0. The van der Waals surface area contributed by atoms with Gasteiger partial charge in [-0.25, -0.2) is 0 Å². The van der Waals surface area contributed by atoms with Gasteiger partial charge in [0.1, 0.15) is 5.15 Å². The quantitative estimate of drug-likeness (QED) is 0.796. The Bertz CT molecular complexity index is 338. The molecule has 3 nitrogen and oxygen atoms in total. The molecule has 0 fully saturated rings. The summed E-state index contributed by atoms with van der Waals surface area (Å²) in [5, 5.41) is 5.99. The molecule has 15 heavy (non-hydrogen) atoms. The molecule has 1 heterocycles. The smallest absolute Gasteiger partial charge is 0.131 e. The maximum atomic E-state index is 6.17. The van der Waals surface area contributed by atoms with E-state index in [0.29, 0.717) is 6.04 Å². The zero-order valence-corrected chi connectivity index (χ0v) is 11.9. The number of halogens is 2. The van der Waals surface area contributed by atoms with Crippen LogP contribution in [0.3, 0.4) is 0 Å². The minimum absolute atomic E-state index is 0.487. The van der Waals surface area contributed by atoms with Gasteiger partial charge in [0.25, 0.3) is 0 Å². The van der Waals surface area contributed by atoms with E-state index in [1.807, 2.05) is 14.0 Å². The van der Waals surface area contributed by atoms with Crippen LogP contribution in [0.1, 0.15) is 18.2 Å². The number of nitrogens with zero attached hydrogens (tertiary/aromatic N) is 3. The van der Waals surface area contributed by atoms with Crippen LogP contribution in [0.25, 0.3) is 0 Å². The average Bonchev–Trinajstić information content (AvgIpc) is 2.43. The fraction of sp³-hybridized carbons (Fsp3) is 0.700. The third-order valence-corrected chi connectivity index (χ3v) is 4.06. The Hall–Kier alpha value is -0.0600. The van der Waals surface area contributed by atoms with Gasteiger partial charge in [-0.2, -0.15) is 5.10 Å². The molecule has 0 N–H and O–H groups in total. The van der Waals surface area contributed by atoms with E-state index in [-0.39, 0.29) is 0 Å². The molecule has 0 amide bonds. The normalized spacial score (nSPS) is 13.5. The molecule has 0 aliphatic rings. The fourth-order valence-corrected chi connectivity index (χ4v) is 2.11. The highest BCUT2D eigenvalue weighted by molar-refractivity contribution is 9.09. The SMILES string of the molecule is Cc1nn(C)c(Cl)c1CN(C)C(C)CBr. The number of rotatable bonds is 4. The molecular weight excluding hydrogens is 277 g/mol. The lowest BCUT2D eigenvalue weighted by Crippen LogP contribution is -2.29. The molecule has 0 bridgehead atoms. The number of hydrogen-bond donors (Lipinski definition) is 0. The molecule has 5 heteroatoms. The summed E-state index contributed by atoms with van der Waals surface area (Å²) < 4.78 is 1.72. The maximum Gasteiger partial charge on any atom is 0.131 e. The first-order chi connectivity index (χ1) is 6.97. The molecule has 0 saturated carbocycles. The minimum atomic E-state index is 0.487. The molecule has 1 unspecified atom stereocenters. The van der Waals surface area contributed by atoms with Gasteiger partial charge in [0, 0.05) is 30.5 Å². The highest BCUT2D eigenvalue weighted by atomic mass is 79.9. The van der Waals surface area contributed by atoms with E-state index >= 15 is 0 Å². The Kier molecular flexibility index (Phi) is 4.62. The summed E-state index contributed by atoms with van der Waals surface area (Å²) in [6, 6.07) is 0.487. The largest absolute Gasteiger partial charge is 0.298 e. The molecular formula is C10H17BrClN3. The first kappa shape index (κ1) is 13.0. The Morgan fingerprint density at radius 2 is 2.20 bits per heavy atom. The molecule has 0 aliphatic carbocycles. The average molecular weight is 295 g/mol. The molecule has 0 aliphatic heterocycles. The molecule has 0 saturated heterocycles. The highest BCUT2D eigenvalue weighted by Gasteiger charge is 2.15. The number of aromatic nitrogens is 2. The topological polar surface area (TPSA) is 21.1 Å². The Morgan fingerprint density at radius 1 is 1.60 bits per heavy atom. The van der Waals surface area contributed by atoms with Crippen molar-refractivity contribution in [3.63, 3.8) is 0 Å². The van der Waals surface area contributed by atoms with E-state index in [0.717, 1.165) is 28.3 Å². The van der Waals surface area contributed by atoms with Crippen LogP contribution in [0.5, 0.6) is 0 Å². The molecule has 0 aromatic carbocycles. The Balaban J connectivity index is 2.80. The van der Waals surface area contributed by atoms with Crippen LogP contribution in [0.15, 0.2) is 0 Å². The predicted molar refractivity (Wildman–Crippen MR) is 67.7 cm³/mol. The number of hydrogen-bond acceptors (Lipinski definition) is 2. The van der Waals surface area contributed by atoms with E-state index in [9.17, 15) is 0 Å². The van der Waals surface area contributed by atoms with Crippen molar-refractivity contribution in [1.29, 1.82) is 0 Å². The van der Waals surface area contributed by atoms with E-state index in [2.05, 4.69) is 39.9 Å².